The molecule has 0 bridgehead atoms. The van der Waals surface area contributed by atoms with Crippen LogP contribution in [0.25, 0.3) is 0 Å². The Balaban J connectivity index is 1.81. The van der Waals surface area contributed by atoms with E-state index in [4.69, 9.17) is 0 Å². The summed E-state index contributed by atoms with van der Waals surface area (Å²) in [5.41, 5.74) is 0.292. The molecule has 1 atom stereocenters. The summed E-state index contributed by atoms with van der Waals surface area (Å²) in [6.07, 6.45) is 1.13. The minimum absolute atomic E-state index is 0.00218. The summed E-state index contributed by atoms with van der Waals surface area (Å²) in [4.78, 5) is 11.7. The summed E-state index contributed by atoms with van der Waals surface area (Å²) < 4.78 is 26.2. The van der Waals surface area contributed by atoms with Gasteiger partial charge in [-0.3, -0.25) is 4.79 Å². The maximum Gasteiger partial charge on any atom is 0.224 e. The van der Waals surface area contributed by atoms with Gasteiger partial charge in [0.1, 0.15) is 11.6 Å². The Morgan fingerprint density at radius 1 is 1.44 bits per heavy atom. The van der Waals surface area contributed by atoms with Gasteiger partial charge < -0.3 is 10.6 Å². The molecule has 98 valence electrons. The lowest BCUT2D eigenvalue weighted by Crippen LogP contribution is -2.33. The van der Waals surface area contributed by atoms with E-state index in [1.165, 1.54) is 6.07 Å². The molecule has 0 radical (unpaired) electrons. The van der Waals surface area contributed by atoms with Crippen LogP contribution >= 0.6 is 0 Å². The van der Waals surface area contributed by atoms with Gasteiger partial charge in [-0.2, -0.15) is 0 Å². The quantitative estimate of drug-likeness (QED) is 0.848. The average molecular weight is 254 g/mol. The highest BCUT2D eigenvalue weighted by molar-refractivity contribution is 5.79. The Morgan fingerprint density at radius 2 is 2.28 bits per heavy atom. The molecular formula is C13H16F2N2O. The van der Waals surface area contributed by atoms with E-state index in [1.807, 2.05) is 0 Å². The Kier molecular flexibility index (Phi) is 4.25. The molecule has 1 aromatic carbocycles. The summed E-state index contributed by atoms with van der Waals surface area (Å²) in [6.45, 7) is 1.88. The van der Waals surface area contributed by atoms with Crippen molar-refractivity contribution in [2.24, 2.45) is 5.92 Å². The first kappa shape index (κ1) is 13.0. The standard InChI is InChI=1S/C13H16F2N2O/c14-11-1-2-12(15)9(7-11)4-6-17-13(18)10-3-5-16-8-10/h1-2,7,10,16H,3-6,8H2,(H,17,18). The molecule has 3 nitrogen and oxygen atoms in total. The lowest BCUT2D eigenvalue weighted by Gasteiger charge is -2.10. The van der Waals surface area contributed by atoms with Crippen LogP contribution < -0.4 is 10.6 Å². The second-order valence-electron chi connectivity index (χ2n) is 4.47. The number of carbonyl (C=O) groups is 1. The summed E-state index contributed by atoms with van der Waals surface area (Å²) in [5.74, 6) is -0.912. The molecule has 0 aliphatic carbocycles. The van der Waals surface area contributed by atoms with Crippen molar-refractivity contribution in [2.75, 3.05) is 19.6 Å². The molecular weight excluding hydrogens is 238 g/mol. The fraction of sp³-hybridized carbons (Fsp3) is 0.462. The van der Waals surface area contributed by atoms with Crippen molar-refractivity contribution in [2.45, 2.75) is 12.8 Å². The molecule has 5 heteroatoms. The first-order valence-electron chi connectivity index (χ1n) is 6.09. The fourth-order valence-corrected chi connectivity index (χ4v) is 2.08. The van der Waals surface area contributed by atoms with Gasteiger partial charge >= 0.3 is 0 Å². The summed E-state index contributed by atoms with van der Waals surface area (Å²) in [7, 11) is 0. The van der Waals surface area contributed by atoms with Crippen LogP contribution in [-0.4, -0.2) is 25.5 Å². The second kappa shape index (κ2) is 5.91. The number of amides is 1. The van der Waals surface area contributed by atoms with Gasteiger partial charge in [0.15, 0.2) is 0 Å². The highest BCUT2D eigenvalue weighted by atomic mass is 19.1. The third kappa shape index (κ3) is 3.26. The molecule has 2 rings (SSSR count). The largest absolute Gasteiger partial charge is 0.355 e. The highest BCUT2D eigenvalue weighted by Crippen LogP contribution is 2.10. The van der Waals surface area contributed by atoms with E-state index in [2.05, 4.69) is 10.6 Å². The number of hydrogen-bond donors (Lipinski definition) is 2. The topological polar surface area (TPSA) is 41.1 Å². The van der Waals surface area contributed by atoms with Crippen LogP contribution in [0.15, 0.2) is 18.2 Å². The number of halogens is 2. The molecule has 1 fully saturated rings. The van der Waals surface area contributed by atoms with Crippen molar-refractivity contribution in [3.63, 3.8) is 0 Å². The van der Waals surface area contributed by atoms with Crippen molar-refractivity contribution in [3.05, 3.63) is 35.4 Å². The Morgan fingerprint density at radius 3 is 3.00 bits per heavy atom. The third-order valence-corrected chi connectivity index (χ3v) is 3.13. The molecule has 0 aromatic heterocycles. The van der Waals surface area contributed by atoms with Gasteiger partial charge in [0.2, 0.25) is 5.91 Å². The van der Waals surface area contributed by atoms with Gasteiger partial charge in [0, 0.05) is 13.1 Å². The van der Waals surface area contributed by atoms with Gasteiger partial charge in [-0.25, -0.2) is 8.78 Å². The molecule has 1 amide bonds. The van der Waals surface area contributed by atoms with Gasteiger partial charge in [-0.05, 0) is 43.1 Å². The number of hydrogen-bond acceptors (Lipinski definition) is 2. The van der Waals surface area contributed by atoms with Crippen molar-refractivity contribution in [1.29, 1.82) is 0 Å². The summed E-state index contributed by atoms with van der Waals surface area (Å²) in [5, 5.41) is 5.86. The molecule has 0 spiro atoms. The minimum atomic E-state index is -0.460. The third-order valence-electron chi connectivity index (χ3n) is 3.13. The van der Waals surface area contributed by atoms with Crippen molar-refractivity contribution in [3.8, 4) is 0 Å². The molecule has 1 aliphatic rings. The van der Waals surface area contributed by atoms with Crippen LogP contribution in [0.2, 0.25) is 0 Å². The van der Waals surface area contributed by atoms with Gasteiger partial charge in [-0.15, -0.1) is 0 Å². The first-order valence-corrected chi connectivity index (χ1v) is 6.09. The zero-order chi connectivity index (χ0) is 13.0. The summed E-state index contributed by atoms with van der Waals surface area (Å²) in [6, 6.07) is 3.35. The predicted octanol–water partition coefficient (Wildman–Crippen LogP) is 1.23. The second-order valence-corrected chi connectivity index (χ2v) is 4.47. The van der Waals surface area contributed by atoms with Crippen LogP contribution in [0.4, 0.5) is 8.78 Å². The van der Waals surface area contributed by atoms with Gasteiger partial charge in [0.05, 0.1) is 5.92 Å². The van der Waals surface area contributed by atoms with E-state index < -0.39 is 11.6 Å². The van der Waals surface area contributed by atoms with Gasteiger partial charge in [-0.1, -0.05) is 0 Å². The molecule has 1 saturated heterocycles. The summed E-state index contributed by atoms with van der Waals surface area (Å²) >= 11 is 0. The fourth-order valence-electron chi connectivity index (χ4n) is 2.08. The van der Waals surface area contributed by atoms with Crippen molar-refractivity contribution >= 4 is 5.91 Å². The highest BCUT2D eigenvalue weighted by Gasteiger charge is 2.21. The van der Waals surface area contributed by atoms with Crippen LogP contribution in [0.3, 0.4) is 0 Å². The van der Waals surface area contributed by atoms with Crippen LogP contribution in [0, 0.1) is 17.6 Å². The zero-order valence-electron chi connectivity index (χ0n) is 10.0. The Labute approximate surface area is 105 Å². The number of rotatable bonds is 4. The normalized spacial score (nSPS) is 18.9. The van der Waals surface area contributed by atoms with E-state index in [1.54, 1.807) is 0 Å². The Bertz CT molecular complexity index is 431. The van der Waals surface area contributed by atoms with E-state index >= 15 is 0 Å². The molecule has 18 heavy (non-hydrogen) atoms. The molecule has 1 heterocycles. The van der Waals surface area contributed by atoms with Crippen LogP contribution in [0.1, 0.15) is 12.0 Å². The molecule has 1 aromatic rings. The predicted molar refractivity (Wildman–Crippen MR) is 64.0 cm³/mol. The SMILES string of the molecule is O=C(NCCc1cc(F)ccc1F)C1CCNC1. The minimum Gasteiger partial charge on any atom is -0.355 e. The smallest absolute Gasteiger partial charge is 0.224 e. The van der Waals surface area contributed by atoms with Crippen LogP contribution in [-0.2, 0) is 11.2 Å². The van der Waals surface area contributed by atoms with Crippen molar-refractivity contribution < 1.29 is 13.6 Å². The number of nitrogens with one attached hydrogen (secondary N) is 2. The van der Waals surface area contributed by atoms with E-state index in [0.29, 0.717) is 25.1 Å². The lowest BCUT2D eigenvalue weighted by atomic mass is 10.1. The molecule has 1 aliphatic heterocycles. The molecule has 2 N–H and O–H groups in total. The number of carbonyl (C=O) groups excluding carboxylic acids is 1. The van der Waals surface area contributed by atoms with E-state index in [0.717, 1.165) is 25.1 Å². The van der Waals surface area contributed by atoms with E-state index in [9.17, 15) is 13.6 Å². The first-order chi connectivity index (χ1) is 8.66. The molecule has 0 saturated carbocycles. The monoisotopic (exact) mass is 254 g/mol. The van der Waals surface area contributed by atoms with Gasteiger partial charge in [0.25, 0.3) is 0 Å². The maximum absolute atomic E-state index is 13.3. The zero-order valence-corrected chi connectivity index (χ0v) is 10.0. The van der Waals surface area contributed by atoms with Crippen molar-refractivity contribution in [1.82, 2.24) is 10.6 Å². The lowest BCUT2D eigenvalue weighted by molar-refractivity contribution is -0.124. The number of benzene rings is 1. The molecule has 1 unspecified atom stereocenters. The average Bonchev–Trinajstić information content (AvgIpc) is 2.87. The van der Waals surface area contributed by atoms with Crippen LogP contribution in [0.5, 0.6) is 0 Å². The maximum atomic E-state index is 13.3. The Hall–Kier alpha value is -1.49. The van der Waals surface area contributed by atoms with E-state index in [-0.39, 0.29) is 11.8 Å².